The van der Waals surface area contributed by atoms with E-state index in [0.717, 1.165) is 12.1 Å². The zero-order valence-corrected chi connectivity index (χ0v) is 22.0. The number of aromatic nitrogens is 2. The van der Waals surface area contributed by atoms with Crippen LogP contribution in [0.4, 0.5) is 10.1 Å². The second-order valence-electron chi connectivity index (χ2n) is 7.91. The van der Waals surface area contributed by atoms with Gasteiger partial charge in [0.05, 0.1) is 34.4 Å². The number of nitrogens with zero attached hydrogens (tertiary/aromatic N) is 3. The molecule has 2 aromatic carbocycles. The highest BCUT2D eigenvalue weighted by Crippen LogP contribution is 2.41. The van der Waals surface area contributed by atoms with E-state index in [-0.39, 0.29) is 39.0 Å². The summed E-state index contributed by atoms with van der Waals surface area (Å²) in [6, 6.07) is 4.69. The smallest absolute Gasteiger partial charge is 0.261 e. The van der Waals surface area contributed by atoms with Crippen LogP contribution in [-0.2, 0) is 27.1 Å². The first-order chi connectivity index (χ1) is 16.3. The molecule has 0 saturated heterocycles. The van der Waals surface area contributed by atoms with E-state index in [4.69, 9.17) is 16.3 Å². The summed E-state index contributed by atoms with van der Waals surface area (Å²) in [6.07, 6.45) is 1.65. The maximum atomic E-state index is 14.7. The van der Waals surface area contributed by atoms with Crippen molar-refractivity contribution in [3.63, 3.8) is 0 Å². The molecule has 0 aliphatic heterocycles. The van der Waals surface area contributed by atoms with Crippen molar-refractivity contribution >= 4 is 48.2 Å². The van der Waals surface area contributed by atoms with E-state index in [1.165, 1.54) is 23.0 Å². The molecule has 0 aliphatic rings. The van der Waals surface area contributed by atoms with Crippen molar-refractivity contribution in [3.05, 3.63) is 57.3 Å². The van der Waals surface area contributed by atoms with E-state index in [2.05, 4.69) is 4.98 Å². The number of anilines is 1. The van der Waals surface area contributed by atoms with E-state index in [1.807, 2.05) is 0 Å². The van der Waals surface area contributed by atoms with Gasteiger partial charge in [-0.15, -0.1) is 0 Å². The Hall–Kier alpha value is -2.70. The molecule has 3 aromatic rings. The monoisotopic (exact) mass is 545 g/mol. The van der Waals surface area contributed by atoms with Crippen LogP contribution < -0.4 is 14.0 Å². The third-order valence-electron chi connectivity index (χ3n) is 5.13. The standard InChI is InChI=1S/C22H25ClFN3O6S2/c1-5-9-34(29,30)27(35(31,32)10-6-2)17-11-15(24)12-19(21(17)23)33-18-8-7-16-20(14(18)3)22(28)26(4)13-25-16/h7-8,11-13H,5-6,9-10H2,1-4H3. The van der Waals surface area contributed by atoms with E-state index in [9.17, 15) is 26.0 Å². The number of benzene rings is 2. The quantitative estimate of drug-likeness (QED) is 0.397. The van der Waals surface area contributed by atoms with E-state index >= 15 is 0 Å². The molecule has 0 spiro atoms. The van der Waals surface area contributed by atoms with E-state index in [0.29, 0.717) is 11.1 Å². The second kappa shape index (κ2) is 10.1. The summed E-state index contributed by atoms with van der Waals surface area (Å²) in [6.45, 7) is 4.76. The summed E-state index contributed by atoms with van der Waals surface area (Å²) >= 11 is 6.42. The normalized spacial score (nSPS) is 12.2. The zero-order chi connectivity index (χ0) is 26.1. The molecule has 3 rings (SSSR count). The minimum absolute atomic E-state index is 0.135. The van der Waals surface area contributed by atoms with Crippen molar-refractivity contribution in [2.24, 2.45) is 7.05 Å². The Kier molecular flexibility index (Phi) is 7.77. The van der Waals surface area contributed by atoms with E-state index in [1.54, 1.807) is 27.8 Å². The Labute approximate surface area is 208 Å². The summed E-state index contributed by atoms with van der Waals surface area (Å²) in [5.41, 5.74) is -0.0790. The van der Waals surface area contributed by atoms with Crippen LogP contribution in [-0.4, -0.2) is 37.9 Å². The number of fused-ring (bicyclic) bond motifs is 1. The Bertz CT molecular complexity index is 1520. The van der Waals surface area contributed by atoms with Gasteiger partial charge in [0, 0.05) is 24.7 Å². The lowest BCUT2D eigenvalue weighted by Crippen LogP contribution is -2.40. The SMILES string of the molecule is CCCS(=O)(=O)N(c1cc(F)cc(Oc2ccc3ncn(C)c(=O)c3c2C)c1Cl)S(=O)(=O)CCC. The van der Waals surface area contributed by atoms with Crippen LogP contribution in [0.15, 0.2) is 35.4 Å². The molecule has 0 aliphatic carbocycles. The summed E-state index contributed by atoms with van der Waals surface area (Å²) in [5.74, 6) is -2.11. The summed E-state index contributed by atoms with van der Waals surface area (Å²) in [5, 5.41) is -0.137. The number of halogens is 2. The molecule has 13 heteroatoms. The Morgan fingerprint density at radius 3 is 2.23 bits per heavy atom. The van der Waals surface area contributed by atoms with Gasteiger partial charge in [-0.3, -0.25) is 4.79 Å². The van der Waals surface area contributed by atoms with Crippen LogP contribution in [0.1, 0.15) is 32.3 Å². The number of aryl methyl sites for hydroxylation is 2. The Morgan fingerprint density at radius 1 is 1.06 bits per heavy atom. The van der Waals surface area contributed by atoms with Crippen molar-refractivity contribution in [2.45, 2.75) is 33.6 Å². The largest absolute Gasteiger partial charge is 0.455 e. The molecule has 0 saturated carbocycles. The molecule has 35 heavy (non-hydrogen) atoms. The van der Waals surface area contributed by atoms with E-state index < -0.39 is 48.1 Å². The lowest BCUT2D eigenvalue weighted by atomic mass is 10.1. The van der Waals surface area contributed by atoms with Crippen LogP contribution in [0.25, 0.3) is 10.9 Å². The highest BCUT2D eigenvalue weighted by Gasteiger charge is 2.36. The highest BCUT2D eigenvalue weighted by molar-refractivity contribution is 8.10. The first-order valence-corrected chi connectivity index (χ1v) is 14.3. The summed E-state index contributed by atoms with van der Waals surface area (Å²) in [4.78, 5) is 16.8. The van der Waals surface area contributed by atoms with Crippen molar-refractivity contribution < 1.29 is 26.0 Å². The van der Waals surface area contributed by atoms with Crippen LogP contribution >= 0.6 is 11.6 Å². The van der Waals surface area contributed by atoms with Gasteiger partial charge >= 0.3 is 0 Å². The van der Waals surface area contributed by atoms with Gasteiger partial charge in [0.25, 0.3) is 5.56 Å². The van der Waals surface area contributed by atoms with Crippen molar-refractivity contribution in [2.75, 3.05) is 15.2 Å². The van der Waals surface area contributed by atoms with Crippen LogP contribution in [0.5, 0.6) is 11.5 Å². The van der Waals surface area contributed by atoms with Gasteiger partial charge in [0.2, 0.25) is 20.0 Å². The molecule has 0 unspecified atom stereocenters. The van der Waals surface area contributed by atoms with Gasteiger partial charge in [-0.25, -0.2) is 26.2 Å². The highest BCUT2D eigenvalue weighted by atomic mass is 35.5. The van der Waals surface area contributed by atoms with Crippen molar-refractivity contribution in [3.8, 4) is 11.5 Å². The lowest BCUT2D eigenvalue weighted by molar-refractivity contribution is 0.474. The fraction of sp³-hybridized carbons (Fsp3) is 0.364. The average Bonchev–Trinajstić information content (AvgIpc) is 2.75. The molecule has 190 valence electrons. The predicted octanol–water partition coefficient (Wildman–Crippen LogP) is 4.11. The van der Waals surface area contributed by atoms with Crippen LogP contribution in [0.3, 0.4) is 0 Å². The van der Waals surface area contributed by atoms with Gasteiger partial charge in [-0.1, -0.05) is 25.4 Å². The fourth-order valence-electron chi connectivity index (χ4n) is 3.57. The third kappa shape index (κ3) is 5.29. The van der Waals surface area contributed by atoms with Gasteiger partial charge in [0.15, 0.2) is 5.75 Å². The van der Waals surface area contributed by atoms with Gasteiger partial charge < -0.3 is 9.30 Å². The molecule has 0 amide bonds. The van der Waals surface area contributed by atoms with Crippen LogP contribution in [0.2, 0.25) is 5.02 Å². The number of hydrogen-bond acceptors (Lipinski definition) is 7. The minimum atomic E-state index is -4.40. The Balaban J connectivity index is 2.22. The first-order valence-electron chi connectivity index (χ1n) is 10.7. The number of rotatable bonds is 9. The fourth-order valence-corrected chi connectivity index (χ4v) is 7.99. The van der Waals surface area contributed by atoms with Crippen molar-refractivity contribution in [1.82, 2.24) is 9.55 Å². The van der Waals surface area contributed by atoms with Gasteiger partial charge in [0.1, 0.15) is 16.6 Å². The molecule has 0 radical (unpaired) electrons. The predicted molar refractivity (Wildman–Crippen MR) is 134 cm³/mol. The third-order valence-corrected chi connectivity index (χ3v) is 10.1. The number of ether oxygens (including phenoxy) is 1. The Morgan fingerprint density at radius 2 is 1.66 bits per heavy atom. The van der Waals surface area contributed by atoms with Gasteiger partial charge in [-0.2, -0.15) is 3.71 Å². The number of hydrogen-bond donors (Lipinski definition) is 0. The lowest BCUT2D eigenvalue weighted by Gasteiger charge is -2.25. The molecule has 0 N–H and O–H groups in total. The topological polar surface area (TPSA) is 116 Å². The molecule has 0 fully saturated rings. The minimum Gasteiger partial charge on any atom is -0.455 e. The molecular formula is C22H25ClFN3O6S2. The summed E-state index contributed by atoms with van der Waals surface area (Å²) in [7, 11) is -7.25. The molecular weight excluding hydrogens is 521 g/mol. The molecule has 0 bridgehead atoms. The molecule has 9 nitrogen and oxygen atoms in total. The maximum Gasteiger partial charge on any atom is 0.261 e. The van der Waals surface area contributed by atoms with Crippen LogP contribution in [0, 0.1) is 12.7 Å². The van der Waals surface area contributed by atoms with Crippen molar-refractivity contribution in [1.29, 1.82) is 0 Å². The maximum absolute atomic E-state index is 14.7. The molecule has 1 heterocycles. The average molecular weight is 546 g/mol. The second-order valence-corrected chi connectivity index (χ2v) is 12.4. The van der Waals surface area contributed by atoms with Gasteiger partial charge in [-0.05, 0) is 31.9 Å². The number of sulfonamides is 2. The molecule has 0 atom stereocenters. The zero-order valence-electron chi connectivity index (χ0n) is 19.6. The summed E-state index contributed by atoms with van der Waals surface area (Å²) < 4.78 is 73.7. The molecule has 1 aromatic heterocycles. The first kappa shape index (κ1) is 26.9.